The summed E-state index contributed by atoms with van der Waals surface area (Å²) in [4.78, 5) is 17.6. The zero-order valence-electron chi connectivity index (χ0n) is 23.3. The van der Waals surface area contributed by atoms with Gasteiger partial charge in [-0.1, -0.05) is 60.1 Å². The van der Waals surface area contributed by atoms with Gasteiger partial charge in [-0.2, -0.15) is 5.10 Å². The molecule has 1 heterocycles. The number of piperazine rings is 1. The minimum atomic E-state index is -0.278. The van der Waals surface area contributed by atoms with Crippen LogP contribution in [-0.2, 0) is 13.2 Å². The monoisotopic (exact) mass is 646 g/mol. The third kappa shape index (κ3) is 7.70. The van der Waals surface area contributed by atoms with E-state index in [1.807, 2.05) is 60.7 Å². The Morgan fingerprint density at radius 2 is 1.69 bits per heavy atom. The van der Waals surface area contributed by atoms with Crippen LogP contribution in [0.4, 0.5) is 5.69 Å². The summed E-state index contributed by atoms with van der Waals surface area (Å²) in [5, 5.41) is 4.78. The number of hydrazone groups is 1. The van der Waals surface area contributed by atoms with Gasteiger partial charge < -0.3 is 14.4 Å². The zero-order chi connectivity index (χ0) is 29.3. The number of carbonyl (C=O) groups excluding carboxylic acids is 1. The number of amides is 1. The molecule has 1 fully saturated rings. The Bertz CT molecular complexity index is 1520. The second-order valence-corrected chi connectivity index (χ2v) is 11.2. The van der Waals surface area contributed by atoms with Gasteiger partial charge >= 0.3 is 0 Å². The van der Waals surface area contributed by atoms with E-state index in [9.17, 15) is 4.79 Å². The smallest absolute Gasteiger partial charge is 0.271 e. The summed E-state index contributed by atoms with van der Waals surface area (Å²) < 4.78 is 12.2. The lowest BCUT2D eigenvalue weighted by Crippen LogP contribution is -2.45. The molecule has 216 valence electrons. The van der Waals surface area contributed by atoms with Crippen LogP contribution in [-0.4, -0.2) is 50.3 Å². The first-order chi connectivity index (χ1) is 20.5. The molecule has 1 aliphatic rings. The summed E-state index contributed by atoms with van der Waals surface area (Å²) in [6, 6.07) is 29.4. The van der Waals surface area contributed by atoms with Crippen molar-refractivity contribution in [2.75, 3.05) is 38.2 Å². The third-order valence-corrected chi connectivity index (χ3v) is 8.04. The number of rotatable bonds is 10. The quantitative estimate of drug-likeness (QED) is 0.152. The number of hydrogen-bond donors (Lipinski definition) is 1. The minimum absolute atomic E-state index is 0.278. The SMILES string of the molecule is COc1cc(/C=N\NC(=O)c2ccc(CN3CCN(c4ccccc4)CC3)cc2)cc(Br)c1OCc1ccccc1Cl. The highest BCUT2D eigenvalue weighted by Crippen LogP contribution is 2.37. The van der Waals surface area contributed by atoms with Gasteiger partial charge in [-0.05, 0) is 69.5 Å². The molecule has 0 atom stereocenters. The number of halogens is 2. The predicted octanol–water partition coefficient (Wildman–Crippen LogP) is 6.78. The van der Waals surface area contributed by atoms with E-state index < -0.39 is 0 Å². The van der Waals surface area contributed by atoms with Crippen molar-refractivity contribution < 1.29 is 14.3 Å². The second kappa shape index (κ2) is 14.4. The first-order valence-corrected chi connectivity index (χ1v) is 14.9. The molecular weight excluding hydrogens is 616 g/mol. The lowest BCUT2D eigenvalue weighted by atomic mass is 10.1. The van der Waals surface area contributed by atoms with Gasteiger partial charge in [0.05, 0.1) is 17.8 Å². The number of nitrogens with one attached hydrogen (secondary N) is 1. The molecule has 0 radical (unpaired) electrons. The van der Waals surface area contributed by atoms with E-state index in [-0.39, 0.29) is 5.91 Å². The van der Waals surface area contributed by atoms with Crippen LogP contribution in [0.2, 0.25) is 5.02 Å². The summed E-state index contributed by atoms with van der Waals surface area (Å²) >= 11 is 9.80. The molecule has 0 aliphatic carbocycles. The number of ether oxygens (including phenoxy) is 2. The molecule has 5 rings (SSSR count). The molecule has 7 nitrogen and oxygen atoms in total. The van der Waals surface area contributed by atoms with Gasteiger partial charge in [0.1, 0.15) is 6.61 Å². The Balaban J connectivity index is 1.12. The van der Waals surface area contributed by atoms with Crippen LogP contribution in [0.5, 0.6) is 11.5 Å². The van der Waals surface area contributed by atoms with Crippen molar-refractivity contribution in [3.05, 3.63) is 123 Å². The number of hydrogen-bond acceptors (Lipinski definition) is 6. The number of benzene rings is 4. The molecule has 4 aromatic rings. The lowest BCUT2D eigenvalue weighted by molar-refractivity contribution is 0.0955. The van der Waals surface area contributed by atoms with Gasteiger partial charge in [0.2, 0.25) is 0 Å². The van der Waals surface area contributed by atoms with E-state index in [2.05, 4.69) is 60.5 Å². The molecule has 1 N–H and O–H groups in total. The molecular formula is C33H32BrClN4O3. The first kappa shape index (κ1) is 29.6. The van der Waals surface area contributed by atoms with E-state index in [4.69, 9.17) is 21.1 Å². The summed E-state index contributed by atoms with van der Waals surface area (Å²) in [5.74, 6) is 0.804. The standard InChI is InChI=1S/C33H32BrClN4O3/c1-41-31-20-25(19-29(34)32(31)42-23-27-7-5-6-10-30(27)35)21-36-37-33(40)26-13-11-24(12-14-26)22-38-15-17-39(18-16-38)28-8-3-2-4-9-28/h2-14,19-21H,15-18,22-23H2,1H3,(H,37,40)/b36-21-. The number of anilines is 1. The number of carbonyl (C=O) groups is 1. The summed E-state index contributed by atoms with van der Waals surface area (Å²) in [5.41, 5.74) is 7.21. The van der Waals surface area contributed by atoms with E-state index >= 15 is 0 Å². The second-order valence-electron chi connectivity index (χ2n) is 9.91. The van der Waals surface area contributed by atoms with Gasteiger partial charge in [-0.3, -0.25) is 9.69 Å². The van der Waals surface area contributed by atoms with Crippen molar-refractivity contribution in [1.82, 2.24) is 10.3 Å². The lowest BCUT2D eigenvalue weighted by Gasteiger charge is -2.36. The fourth-order valence-electron chi connectivity index (χ4n) is 4.77. The minimum Gasteiger partial charge on any atom is -0.493 e. The largest absolute Gasteiger partial charge is 0.493 e. The van der Waals surface area contributed by atoms with Gasteiger partial charge in [0, 0.05) is 54.6 Å². The highest BCUT2D eigenvalue weighted by atomic mass is 79.9. The van der Waals surface area contributed by atoms with Crippen molar-refractivity contribution in [2.45, 2.75) is 13.2 Å². The Labute approximate surface area is 259 Å². The maximum absolute atomic E-state index is 12.7. The number of methoxy groups -OCH3 is 1. The van der Waals surface area contributed by atoms with Crippen LogP contribution in [0.15, 0.2) is 101 Å². The highest BCUT2D eigenvalue weighted by Gasteiger charge is 2.17. The van der Waals surface area contributed by atoms with Crippen LogP contribution < -0.4 is 19.8 Å². The van der Waals surface area contributed by atoms with Gasteiger partial charge in [0.25, 0.3) is 5.91 Å². The molecule has 42 heavy (non-hydrogen) atoms. The third-order valence-electron chi connectivity index (χ3n) is 7.08. The normalized spacial score (nSPS) is 13.7. The Morgan fingerprint density at radius 3 is 2.40 bits per heavy atom. The molecule has 1 aliphatic heterocycles. The fourth-order valence-corrected chi connectivity index (χ4v) is 5.54. The molecule has 0 saturated carbocycles. The van der Waals surface area contributed by atoms with Crippen molar-refractivity contribution in [3.8, 4) is 11.5 Å². The maximum Gasteiger partial charge on any atom is 0.271 e. The Kier molecular flexibility index (Phi) is 10.1. The average Bonchev–Trinajstić information content (AvgIpc) is 3.02. The summed E-state index contributed by atoms with van der Waals surface area (Å²) in [6.45, 7) is 5.16. The summed E-state index contributed by atoms with van der Waals surface area (Å²) in [6.07, 6.45) is 1.56. The van der Waals surface area contributed by atoms with E-state index in [1.165, 1.54) is 11.3 Å². The molecule has 4 aromatic carbocycles. The average molecular weight is 648 g/mol. The molecule has 1 saturated heterocycles. The van der Waals surface area contributed by atoms with Gasteiger partial charge in [0.15, 0.2) is 11.5 Å². The van der Waals surface area contributed by atoms with Crippen molar-refractivity contribution in [3.63, 3.8) is 0 Å². The van der Waals surface area contributed by atoms with Crippen molar-refractivity contribution in [2.24, 2.45) is 5.10 Å². The fraction of sp³-hybridized carbons (Fsp3) is 0.212. The maximum atomic E-state index is 12.7. The first-order valence-electron chi connectivity index (χ1n) is 13.7. The molecule has 0 aromatic heterocycles. The van der Waals surface area contributed by atoms with Crippen LogP contribution in [0.25, 0.3) is 0 Å². The predicted molar refractivity (Wildman–Crippen MR) is 172 cm³/mol. The van der Waals surface area contributed by atoms with Crippen LogP contribution in [0.1, 0.15) is 27.0 Å². The molecule has 1 amide bonds. The van der Waals surface area contributed by atoms with Crippen molar-refractivity contribution in [1.29, 1.82) is 0 Å². The zero-order valence-corrected chi connectivity index (χ0v) is 25.6. The van der Waals surface area contributed by atoms with Crippen LogP contribution >= 0.6 is 27.5 Å². The molecule has 0 unspecified atom stereocenters. The molecule has 9 heteroatoms. The Hall–Kier alpha value is -3.85. The van der Waals surface area contributed by atoms with E-state index in [0.717, 1.165) is 43.9 Å². The topological polar surface area (TPSA) is 66.4 Å². The summed E-state index contributed by atoms with van der Waals surface area (Å²) in [7, 11) is 1.57. The Morgan fingerprint density at radius 1 is 0.976 bits per heavy atom. The van der Waals surface area contributed by atoms with Crippen molar-refractivity contribution >= 4 is 45.3 Å². The number of nitrogens with zero attached hydrogens (tertiary/aromatic N) is 3. The van der Waals surface area contributed by atoms with Crippen LogP contribution in [0, 0.1) is 0 Å². The van der Waals surface area contributed by atoms with E-state index in [1.54, 1.807) is 19.4 Å². The van der Waals surface area contributed by atoms with Crippen LogP contribution in [0.3, 0.4) is 0 Å². The highest BCUT2D eigenvalue weighted by molar-refractivity contribution is 9.10. The number of para-hydroxylation sites is 1. The molecule has 0 spiro atoms. The van der Waals surface area contributed by atoms with Gasteiger partial charge in [-0.25, -0.2) is 5.43 Å². The van der Waals surface area contributed by atoms with E-state index in [0.29, 0.717) is 33.2 Å². The molecule has 0 bridgehead atoms. The van der Waals surface area contributed by atoms with Gasteiger partial charge in [-0.15, -0.1) is 0 Å².